The fourth-order valence-electron chi connectivity index (χ4n) is 2.16. The smallest absolute Gasteiger partial charge is 0.199 e. The molecule has 0 aliphatic rings. The third-order valence-corrected chi connectivity index (χ3v) is 4.46. The summed E-state index contributed by atoms with van der Waals surface area (Å²) in [5.74, 6) is 0. The van der Waals surface area contributed by atoms with Gasteiger partial charge in [0.05, 0.1) is 5.01 Å². The van der Waals surface area contributed by atoms with Crippen molar-refractivity contribution < 1.29 is 4.42 Å². The van der Waals surface area contributed by atoms with Crippen LogP contribution in [0, 0.1) is 6.92 Å². The number of hydrogen-bond donors (Lipinski definition) is 1. The number of hydrogen-bond acceptors (Lipinski definition) is 4. The van der Waals surface area contributed by atoms with E-state index in [0.29, 0.717) is 11.8 Å². The summed E-state index contributed by atoms with van der Waals surface area (Å²) in [7, 11) is 0. The molecule has 0 radical (unpaired) electrons. The van der Waals surface area contributed by atoms with Crippen molar-refractivity contribution in [3.8, 4) is 0 Å². The summed E-state index contributed by atoms with van der Waals surface area (Å²) in [6, 6.07) is 7.91. The molecule has 2 aromatic heterocycles. The Morgan fingerprint density at radius 1 is 1.35 bits per heavy atom. The van der Waals surface area contributed by atoms with Crippen molar-refractivity contribution in [1.82, 2.24) is 10.3 Å². The zero-order valence-corrected chi connectivity index (χ0v) is 12.7. The number of para-hydroxylation sites is 1. The van der Waals surface area contributed by atoms with E-state index >= 15 is 0 Å². The second-order valence-electron chi connectivity index (χ2n) is 4.66. The summed E-state index contributed by atoms with van der Waals surface area (Å²) < 4.78 is 5.53. The van der Waals surface area contributed by atoms with Crippen molar-refractivity contribution >= 4 is 33.9 Å². The fourth-order valence-corrected chi connectivity index (χ4v) is 3.19. The molecule has 3 nitrogen and oxygen atoms in total. The molecular formula is C15H15ClN2OS. The van der Waals surface area contributed by atoms with Crippen molar-refractivity contribution in [2.75, 3.05) is 6.54 Å². The van der Waals surface area contributed by atoms with Crippen molar-refractivity contribution in [3.05, 3.63) is 51.1 Å². The van der Waals surface area contributed by atoms with Gasteiger partial charge in [-0.2, -0.15) is 0 Å². The molecule has 3 aromatic rings. The Morgan fingerprint density at radius 3 is 3.00 bits per heavy atom. The molecule has 0 atom stereocenters. The van der Waals surface area contributed by atoms with Gasteiger partial charge in [0.15, 0.2) is 5.22 Å². The van der Waals surface area contributed by atoms with Gasteiger partial charge in [-0.15, -0.1) is 11.3 Å². The molecule has 3 rings (SSSR count). The average Bonchev–Trinajstić information content (AvgIpc) is 2.98. The number of benzene rings is 1. The van der Waals surface area contributed by atoms with Crippen LogP contribution in [0.5, 0.6) is 0 Å². The second kappa shape index (κ2) is 5.95. The predicted octanol–water partition coefficient (Wildman–Crippen LogP) is 4.18. The van der Waals surface area contributed by atoms with Gasteiger partial charge in [-0.1, -0.05) is 18.2 Å². The van der Waals surface area contributed by atoms with E-state index in [-0.39, 0.29) is 0 Å². The number of halogens is 1. The summed E-state index contributed by atoms with van der Waals surface area (Å²) in [4.78, 5) is 4.45. The number of aryl methyl sites for hydroxylation is 1. The number of thiazole rings is 1. The first-order valence-electron chi connectivity index (χ1n) is 6.51. The Morgan fingerprint density at radius 2 is 2.20 bits per heavy atom. The maximum absolute atomic E-state index is 6.15. The first-order valence-corrected chi connectivity index (χ1v) is 7.77. The highest BCUT2D eigenvalue weighted by molar-refractivity contribution is 7.09. The summed E-state index contributed by atoms with van der Waals surface area (Å²) >= 11 is 7.86. The minimum Gasteiger partial charge on any atom is -0.444 e. The lowest BCUT2D eigenvalue weighted by Gasteiger charge is -2.02. The molecule has 0 spiro atoms. The number of rotatable bonds is 5. The maximum Gasteiger partial charge on any atom is 0.199 e. The van der Waals surface area contributed by atoms with E-state index in [0.717, 1.165) is 40.2 Å². The van der Waals surface area contributed by atoms with E-state index in [9.17, 15) is 0 Å². The van der Waals surface area contributed by atoms with Crippen LogP contribution < -0.4 is 5.32 Å². The van der Waals surface area contributed by atoms with Crippen LogP contribution in [0.1, 0.15) is 16.3 Å². The lowest BCUT2D eigenvalue weighted by Crippen LogP contribution is -2.16. The Labute approximate surface area is 126 Å². The van der Waals surface area contributed by atoms with Crippen LogP contribution in [-0.4, -0.2) is 11.5 Å². The molecule has 0 bridgehead atoms. The first-order chi connectivity index (χ1) is 9.74. The summed E-state index contributed by atoms with van der Waals surface area (Å²) in [6.45, 7) is 3.60. The first kappa shape index (κ1) is 13.6. The minimum atomic E-state index is 0.476. The Bertz CT molecular complexity index is 720. The number of nitrogens with zero attached hydrogens (tertiary/aromatic N) is 1. The van der Waals surface area contributed by atoms with Crippen LogP contribution in [0.15, 0.2) is 34.1 Å². The molecule has 104 valence electrons. The van der Waals surface area contributed by atoms with Crippen LogP contribution in [0.4, 0.5) is 0 Å². The van der Waals surface area contributed by atoms with E-state index in [1.165, 1.54) is 0 Å². The molecule has 1 N–H and O–H groups in total. The molecule has 0 aliphatic heterocycles. The lowest BCUT2D eigenvalue weighted by molar-refractivity contribution is 0.604. The lowest BCUT2D eigenvalue weighted by atomic mass is 10.2. The molecule has 20 heavy (non-hydrogen) atoms. The molecule has 2 heterocycles. The molecular weight excluding hydrogens is 292 g/mol. The van der Waals surface area contributed by atoms with Crippen LogP contribution in [0.3, 0.4) is 0 Å². The summed E-state index contributed by atoms with van der Waals surface area (Å²) in [5.41, 5.74) is 2.95. The number of nitrogens with one attached hydrogen (secondary N) is 1. The van der Waals surface area contributed by atoms with Gasteiger partial charge in [0.25, 0.3) is 0 Å². The van der Waals surface area contributed by atoms with E-state index in [1.807, 2.05) is 31.2 Å². The van der Waals surface area contributed by atoms with Gasteiger partial charge in [-0.05, 0) is 24.6 Å². The number of furan rings is 1. The Kier molecular flexibility index (Phi) is 4.05. The molecule has 0 aliphatic carbocycles. The third kappa shape index (κ3) is 2.87. The highest BCUT2D eigenvalue weighted by Crippen LogP contribution is 2.29. The zero-order chi connectivity index (χ0) is 13.9. The van der Waals surface area contributed by atoms with Gasteiger partial charge in [0, 0.05) is 41.5 Å². The predicted molar refractivity (Wildman–Crippen MR) is 83.5 cm³/mol. The van der Waals surface area contributed by atoms with Crippen LogP contribution in [-0.2, 0) is 13.0 Å². The van der Waals surface area contributed by atoms with Gasteiger partial charge < -0.3 is 9.73 Å². The normalized spacial score (nSPS) is 11.3. The van der Waals surface area contributed by atoms with Gasteiger partial charge in [-0.25, -0.2) is 4.98 Å². The van der Waals surface area contributed by atoms with Crippen LogP contribution in [0.25, 0.3) is 11.0 Å². The van der Waals surface area contributed by atoms with Crippen LogP contribution >= 0.6 is 22.9 Å². The molecule has 5 heteroatoms. The van der Waals surface area contributed by atoms with Crippen LogP contribution in [0.2, 0.25) is 5.22 Å². The van der Waals surface area contributed by atoms with Gasteiger partial charge >= 0.3 is 0 Å². The molecule has 0 fully saturated rings. The van der Waals surface area contributed by atoms with E-state index in [2.05, 4.69) is 15.7 Å². The third-order valence-electron chi connectivity index (χ3n) is 3.13. The highest BCUT2D eigenvalue weighted by Gasteiger charge is 2.11. The van der Waals surface area contributed by atoms with Crippen molar-refractivity contribution in [1.29, 1.82) is 0 Å². The second-order valence-corrected chi connectivity index (χ2v) is 5.95. The van der Waals surface area contributed by atoms with E-state index < -0.39 is 0 Å². The standard InChI is InChI=1S/C15H15ClN2OS/c1-10-9-20-14(18-10)6-7-17-8-12-11-4-2-3-5-13(11)19-15(12)16/h2-5,9,17H,6-8H2,1H3. The van der Waals surface area contributed by atoms with Crippen molar-refractivity contribution in [3.63, 3.8) is 0 Å². The minimum absolute atomic E-state index is 0.476. The highest BCUT2D eigenvalue weighted by atomic mass is 35.5. The van der Waals surface area contributed by atoms with Gasteiger partial charge in [0.1, 0.15) is 5.58 Å². The molecule has 0 saturated heterocycles. The molecule has 0 unspecified atom stereocenters. The summed E-state index contributed by atoms with van der Waals surface area (Å²) in [6.07, 6.45) is 0.936. The van der Waals surface area contributed by atoms with Crippen molar-refractivity contribution in [2.24, 2.45) is 0 Å². The summed E-state index contributed by atoms with van der Waals surface area (Å²) in [5, 5.41) is 8.20. The quantitative estimate of drug-likeness (QED) is 0.718. The maximum atomic E-state index is 6.15. The van der Waals surface area contributed by atoms with E-state index in [1.54, 1.807) is 11.3 Å². The largest absolute Gasteiger partial charge is 0.444 e. The average molecular weight is 307 g/mol. The zero-order valence-electron chi connectivity index (χ0n) is 11.1. The monoisotopic (exact) mass is 306 g/mol. The van der Waals surface area contributed by atoms with Crippen molar-refractivity contribution in [2.45, 2.75) is 19.9 Å². The number of aromatic nitrogens is 1. The van der Waals surface area contributed by atoms with Gasteiger partial charge in [-0.3, -0.25) is 0 Å². The van der Waals surface area contributed by atoms with E-state index in [4.69, 9.17) is 16.0 Å². The Balaban J connectivity index is 1.61. The van der Waals surface area contributed by atoms with Gasteiger partial charge in [0.2, 0.25) is 0 Å². The Hall–Kier alpha value is -1.36. The topological polar surface area (TPSA) is 38.1 Å². The molecule has 0 amide bonds. The SMILES string of the molecule is Cc1csc(CCNCc2c(Cl)oc3ccccc23)n1. The fraction of sp³-hybridized carbons (Fsp3) is 0.267. The number of fused-ring (bicyclic) bond motifs is 1. The molecule has 0 saturated carbocycles. The molecule has 1 aromatic carbocycles.